The maximum Gasteiger partial charge on any atom is 0.577 e. The Kier molecular flexibility index (Phi) is 19.7. The molecule has 0 N–H and O–H groups in total. The zero-order valence-electron chi connectivity index (χ0n) is 12.6. The van der Waals surface area contributed by atoms with Gasteiger partial charge in [0.15, 0.2) is 0 Å². The summed E-state index contributed by atoms with van der Waals surface area (Å²) in [5.74, 6) is 0. The predicted octanol–water partition coefficient (Wildman–Crippen LogP) is 2.26. The Morgan fingerprint density at radius 1 is 0.556 bits per heavy atom. The molecule has 0 fully saturated rings. The van der Waals surface area contributed by atoms with E-state index >= 15 is 0 Å². The quantitative estimate of drug-likeness (QED) is 0.579. The molecule has 2 radical (unpaired) electrons. The zero-order valence-corrected chi connectivity index (χ0v) is 14.6. The van der Waals surface area contributed by atoms with Crippen molar-refractivity contribution in [1.29, 1.82) is 0 Å². The Morgan fingerprint density at radius 2 is 0.833 bits per heavy atom. The van der Waals surface area contributed by atoms with Crippen LogP contribution in [0.4, 0.5) is 0 Å². The first-order chi connectivity index (χ1) is 8.65. The Morgan fingerprint density at radius 3 is 1.06 bits per heavy atom. The SMILES string of the molecule is CCO[Si](C)OCC.CCO[Si](OCC)OCC. The summed E-state index contributed by atoms with van der Waals surface area (Å²) in [7, 11) is -2.29. The van der Waals surface area contributed by atoms with Crippen LogP contribution in [0, 0.1) is 0 Å². The normalized spacial score (nSPS) is 10.7. The minimum Gasteiger partial charge on any atom is -0.394 e. The van der Waals surface area contributed by atoms with E-state index in [4.69, 9.17) is 22.1 Å². The van der Waals surface area contributed by atoms with E-state index < -0.39 is 18.8 Å². The summed E-state index contributed by atoms with van der Waals surface area (Å²) in [6.45, 7) is 15.3. The molecule has 0 saturated heterocycles. The molecule has 0 aliphatic carbocycles. The van der Waals surface area contributed by atoms with Crippen LogP contribution >= 0.6 is 0 Å². The molecule has 0 bridgehead atoms. The maximum absolute atomic E-state index is 5.18. The summed E-state index contributed by atoms with van der Waals surface area (Å²) < 4.78 is 25.9. The van der Waals surface area contributed by atoms with Crippen molar-refractivity contribution in [3.8, 4) is 0 Å². The smallest absolute Gasteiger partial charge is 0.394 e. The van der Waals surface area contributed by atoms with Crippen molar-refractivity contribution in [3.05, 3.63) is 0 Å². The lowest BCUT2D eigenvalue weighted by Gasteiger charge is -2.10. The first kappa shape index (κ1) is 20.5. The van der Waals surface area contributed by atoms with Gasteiger partial charge in [-0.05, 0) is 41.2 Å². The first-order valence-electron chi connectivity index (χ1n) is 6.50. The number of hydrogen-bond donors (Lipinski definition) is 0. The molecule has 0 aliphatic heterocycles. The van der Waals surface area contributed by atoms with Crippen LogP contribution in [0.2, 0.25) is 6.55 Å². The van der Waals surface area contributed by atoms with Crippen LogP contribution in [0.25, 0.3) is 0 Å². The van der Waals surface area contributed by atoms with E-state index in [1.54, 1.807) is 0 Å². The third kappa shape index (κ3) is 16.2. The highest BCUT2D eigenvalue weighted by Crippen LogP contribution is 1.91. The van der Waals surface area contributed by atoms with Crippen molar-refractivity contribution in [2.45, 2.75) is 41.2 Å². The summed E-state index contributed by atoms with van der Waals surface area (Å²) in [6.07, 6.45) is 0. The Hall–Kier alpha value is 0.234. The van der Waals surface area contributed by atoms with E-state index in [0.29, 0.717) is 19.8 Å². The highest BCUT2D eigenvalue weighted by molar-refractivity contribution is 6.42. The van der Waals surface area contributed by atoms with E-state index in [0.717, 1.165) is 13.2 Å². The van der Waals surface area contributed by atoms with Crippen LogP contribution in [-0.4, -0.2) is 51.8 Å². The number of rotatable bonds is 10. The second kappa shape index (κ2) is 17.2. The van der Waals surface area contributed by atoms with Crippen molar-refractivity contribution in [3.63, 3.8) is 0 Å². The Balaban J connectivity index is 0. The van der Waals surface area contributed by atoms with Crippen molar-refractivity contribution >= 4 is 18.8 Å². The fourth-order valence-corrected chi connectivity index (χ4v) is 2.78. The van der Waals surface area contributed by atoms with Gasteiger partial charge in [0.25, 0.3) is 0 Å². The van der Waals surface area contributed by atoms with E-state index in [1.807, 2.05) is 41.2 Å². The second-order valence-electron chi connectivity index (χ2n) is 2.91. The molecule has 110 valence electrons. The molecule has 0 unspecified atom stereocenters. The molecule has 0 heterocycles. The highest BCUT2D eigenvalue weighted by atomic mass is 28.3. The van der Waals surface area contributed by atoms with Gasteiger partial charge < -0.3 is 22.1 Å². The average Bonchev–Trinajstić information content (AvgIpc) is 2.31. The van der Waals surface area contributed by atoms with Gasteiger partial charge in [-0.1, -0.05) is 0 Å². The molecule has 0 aromatic rings. The third-order valence-corrected chi connectivity index (χ3v) is 4.45. The zero-order chi connectivity index (χ0) is 14.2. The van der Waals surface area contributed by atoms with E-state index in [1.165, 1.54) is 0 Å². The average molecular weight is 297 g/mol. The molecule has 0 aliphatic rings. The molecular weight excluding hydrogens is 268 g/mol. The Bertz CT molecular complexity index is 131. The van der Waals surface area contributed by atoms with Gasteiger partial charge in [0.05, 0.1) is 0 Å². The fourth-order valence-electron chi connectivity index (χ4n) is 0.927. The van der Waals surface area contributed by atoms with Crippen LogP contribution in [0.5, 0.6) is 0 Å². The summed E-state index contributed by atoms with van der Waals surface area (Å²) in [4.78, 5) is 0. The van der Waals surface area contributed by atoms with E-state index in [9.17, 15) is 0 Å². The molecule has 0 atom stereocenters. The number of hydrogen-bond acceptors (Lipinski definition) is 5. The van der Waals surface area contributed by atoms with Gasteiger partial charge in [0.2, 0.25) is 0 Å². The summed E-state index contributed by atoms with van der Waals surface area (Å²) in [5, 5.41) is 0. The summed E-state index contributed by atoms with van der Waals surface area (Å²) >= 11 is 0. The molecule has 0 saturated carbocycles. The molecule has 7 heteroatoms. The summed E-state index contributed by atoms with van der Waals surface area (Å²) in [6, 6.07) is 0. The molecular formula is C11H28O5Si2. The van der Waals surface area contributed by atoms with Crippen LogP contribution in [0.3, 0.4) is 0 Å². The van der Waals surface area contributed by atoms with E-state index in [-0.39, 0.29) is 0 Å². The van der Waals surface area contributed by atoms with Gasteiger partial charge in [-0.25, -0.2) is 0 Å². The van der Waals surface area contributed by atoms with Crippen molar-refractivity contribution in [1.82, 2.24) is 0 Å². The lowest BCUT2D eigenvalue weighted by atomic mass is 10.9. The lowest BCUT2D eigenvalue weighted by Crippen LogP contribution is -2.27. The minimum absolute atomic E-state index is 0.661. The maximum atomic E-state index is 5.18. The van der Waals surface area contributed by atoms with Gasteiger partial charge in [-0.2, -0.15) is 0 Å². The molecule has 18 heavy (non-hydrogen) atoms. The minimum atomic E-state index is -1.40. The molecule has 0 amide bonds. The van der Waals surface area contributed by atoms with Crippen LogP contribution < -0.4 is 0 Å². The molecule has 0 rings (SSSR count). The van der Waals surface area contributed by atoms with Crippen molar-refractivity contribution in [2.75, 3.05) is 33.0 Å². The van der Waals surface area contributed by atoms with Crippen molar-refractivity contribution < 1.29 is 22.1 Å². The van der Waals surface area contributed by atoms with Gasteiger partial charge in [0, 0.05) is 33.0 Å². The predicted molar refractivity (Wildman–Crippen MR) is 75.5 cm³/mol. The Labute approximate surface area is 116 Å². The molecule has 0 aromatic carbocycles. The van der Waals surface area contributed by atoms with Gasteiger partial charge in [-0.3, -0.25) is 0 Å². The van der Waals surface area contributed by atoms with Gasteiger partial charge >= 0.3 is 18.8 Å². The topological polar surface area (TPSA) is 46.2 Å². The van der Waals surface area contributed by atoms with Crippen LogP contribution in [0.1, 0.15) is 34.6 Å². The molecule has 0 aromatic heterocycles. The molecule has 0 spiro atoms. The fraction of sp³-hybridized carbons (Fsp3) is 1.00. The lowest BCUT2D eigenvalue weighted by molar-refractivity contribution is 0.107. The van der Waals surface area contributed by atoms with E-state index in [2.05, 4.69) is 0 Å². The van der Waals surface area contributed by atoms with Crippen LogP contribution in [0.15, 0.2) is 0 Å². The van der Waals surface area contributed by atoms with Gasteiger partial charge in [0.1, 0.15) is 0 Å². The van der Waals surface area contributed by atoms with Crippen molar-refractivity contribution in [2.24, 2.45) is 0 Å². The largest absolute Gasteiger partial charge is 0.577 e. The van der Waals surface area contributed by atoms with Crippen LogP contribution in [-0.2, 0) is 22.1 Å². The third-order valence-electron chi connectivity index (χ3n) is 1.48. The molecule has 5 nitrogen and oxygen atoms in total. The standard InChI is InChI=1S/C6H15O3Si.C5H13O2Si/c1-4-7-10(8-5-2)9-6-3;1-4-6-8(3)7-5-2/h4-6H2,1-3H3;4-5H2,1-3H3. The monoisotopic (exact) mass is 296 g/mol. The highest BCUT2D eigenvalue weighted by Gasteiger charge is 2.15. The first-order valence-corrected chi connectivity index (χ1v) is 9.54. The summed E-state index contributed by atoms with van der Waals surface area (Å²) in [5.41, 5.74) is 0. The van der Waals surface area contributed by atoms with Gasteiger partial charge in [-0.15, -0.1) is 0 Å². The second-order valence-corrected chi connectivity index (χ2v) is 5.83.